The number of thiazole rings is 1. The third-order valence-corrected chi connectivity index (χ3v) is 6.77. The van der Waals surface area contributed by atoms with E-state index in [0.29, 0.717) is 39.1 Å². The minimum Gasteiger partial charge on any atom is -0.465 e. The molecule has 8 heteroatoms. The van der Waals surface area contributed by atoms with E-state index >= 15 is 0 Å². The van der Waals surface area contributed by atoms with E-state index in [0.717, 1.165) is 29.7 Å². The number of hydrogen-bond donors (Lipinski definition) is 0. The average molecular weight is 474 g/mol. The van der Waals surface area contributed by atoms with E-state index in [4.69, 9.17) is 4.74 Å². The molecule has 1 fully saturated rings. The predicted molar refractivity (Wildman–Crippen MR) is 130 cm³/mol. The maximum atomic E-state index is 13.5. The van der Waals surface area contributed by atoms with Gasteiger partial charge in [-0.1, -0.05) is 29.8 Å². The first-order valence-corrected chi connectivity index (χ1v) is 11.7. The van der Waals surface area contributed by atoms with Crippen molar-refractivity contribution in [2.75, 3.05) is 20.2 Å². The lowest BCUT2D eigenvalue weighted by molar-refractivity contribution is -0.123. The van der Waals surface area contributed by atoms with E-state index < -0.39 is 5.97 Å². The number of nitrogens with zero attached hydrogens (tertiary/aromatic N) is 3. The van der Waals surface area contributed by atoms with Crippen LogP contribution in [0.5, 0.6) is 0 Å². The van der Waals surface area contributed by atoms with Gasteiger partial charge >= 0.3 is 5.97 Å². The van der Waals surface area contributed by atoms with Crippen LogP contribution in [0.4, 0.5) is 0 Å². The fraction of sp³-hybridized carbons (Fsp3) is 0.231. The Morgan fingerprint density at radius 1 is 1.06 bits per heavy atom. The molecule has 34 heavy (non-hydrogen) atoms. The largest absolute Gasteiger partial charge is 0.465 e. The molecule has 0 N–H and O–H groups in total. The highest BCUT2D eigenvalue weighted by molar-refractivity contribution is 7.07. The maximum Gasteiger partial charge on any atom is 0.337 e. The molecule has 1 aliphatic heterocycles. The van der Waals surface area contributed by atoms with E-state index in [2.05, 4.69) is 6.07 Å². The Bertz CT molecular complexity index is 1450. The summed E-state index contributed by atoms with van der Waals surface area (Å²) in [6.45, 7) is 3.16. The number of methoxy groups -OCH3 is 1. The number of hydrogen-bond acceptors (Lipinski definition) is 6. The van der Waals surface area contributed by atoms with Gasteiger partial charge in [0.25, 0.3) is 11.5 Å². The smallest absolute Gasteiger partial charge is 0.337 e. The molecule has 0 unspecified atom stereocenters. The molecule has 1 amide bonds. The van der Waals surface area contributed by atoms with Crippen LogP contribution in [0.15, 0.2) is 53.3 Å². The van der Waals surface area contributed by atoms with E-state index in [1.165, 1.54) is 11.7 Å². The standard InChI is InChI=1S/C26H23N3O4S/c1-17-5-11-20(12-6-17)29-24(31)22(15-18-7-9-19(10-8-18)26(32)33-2)34-25(29)21(16-27)23(30)28-13-3-4-14-28/h5-12,15H,3-4,13-14H2,1-2H3/b22-15-,25-21+. The van der Waals surface area contributed by atoms with Crippen LogP contribution in [-0.4, -0.2) is 41.5 Å². The van der Waals surface area contributed by atoms with Crippen LogP contribution in [0.1, 0.15) is 34.3 Å². The van der Waals surface area contributed by atoms with Crippen molar-refractivity contribution in [3.05, 3.63) is 84.8 Å². The Morgan fingerprint density at radius 3 is 2.29 bits per heavy atom. The quantitative estimate of drug-likeness (QED) is 0.542. The van der Waals surface area contributed by atoms with Crippen molar-refractivity contribution in [3.8, 4) is 11.8 Å². The zero-order chi connectivity index (χ0) is 24.2. The predicted octanol–water partition coefficient (Wildman–Crippen LogP) is 2.12. The van der Waals surface area contributed by atoms with Crippen molar-refractivity contribution in [2.24, 2.45) is 0 Å². The molecule has 0 spiro atoms. The van der Waals surface area contributed by atoms with Crippen LogP contribution >= 0.6 is 11.3 Å². The van der Waals surface area contributed by atoms with Crippen molar-refractivity contribution in [3.63, 3.8) is 0 Å². The minimum atomic E-state index is -0.444. The molecule has 7 nitrogen and oxygen atoms in total. The Kier molecular flexibility index (Phi) is 6.75. The highest BCUT2D eigenvalue weighted by atomic mass is 32.1. The third-order valence-electron chi connectivity index (χ3n) is 5.68. The van der Waals surface area contributed by atoms with Gasteiger partial charge in [0.1, 0.15) is 10.7 Å². The molecule has 0 saturated carbocycles. The number of amides is 1. The van der Waals surface area contributed by atoms with Gasteiger partial charge in [-0.3, -0.25) is 14.2 Å². The van der Waals surface area contributed by atoms with Crippen LogP contribution < -0.4 is 14.8 Å². The first-order valence-electron chi connectivity index (χ1n) is 10.9. The fourth-order valence-electron chi connectivity index (χ4n) is 3.83. The third kappa shape index (κ3) is 4.56. The number of rotatable bonds is 4. The lowest BCUT2D eigenvalue weighted by atomic mass is 10.1. The molecule has 2 heterocycles. The summed E-state index contributed by atoms with van der Waals surface area (Å²) < 4.78 is 6.85. The van der Waals surface area contributed by atoms with Crippen LogP contribution in [0, 0.1) is 18.3 Å². The van der Waals surface area contributed by atoms with Gasteiger partial charge in [0, 0.05) is 13.1 Å². The monoisotopic (exact) mass is 473 g/mol. The van der Waals surface area contributed by atoms with Crippen LogP contribution in [0.25, 0.3) is 17.3 Å². The SMILES string of the molecule is COC(=O)c1ccc(/C=c2\s/c(=C(\C#N)C(=O)N3CCCC3)n(-c3ccc(C)cc3)c2=O)cc1. The van der Waals surface area contributed by atoms with Gasteiger partial charge in [-0.05, 0) is 55.7 Å². The summed E-state index contributed by atoms with van der Waals surface area (Å²) in [5.41, 5.74) is 2.37. The Morgan fingerprint density at radius 2 is 1.71 bits per heavy atom. The summed E-state index contributed by atoms with van der Waals surface area (Å²) in [7, 11) is 1.32. The minimum absolute atomic E-state index is 0.0368. The van der Waals surface area contributed by atoms with E-state index in [1.807, 2.05) is 19.1 Å². The topological polar surface area (TPSA) is 92.4 Å². The molecule has 1 aliphatic rings. The lowest BCUT2D eigenvalue weighted by Crippen LogP contribution is -2.35. The number of benzene rings is 2. The molecular formula is C26H23N3O4S. The van der Waals surface area contributed by atoms with Gasteiger partial charge in [-0.15, -0.1) is 11.3 Å². The van der Waals surface area contributed by atoms with Crippen molar-refractivity contribution < 1.29 is 14.3 Å². The number of ether oxygens (including phenoxy) is 1. The van der Waals surface area contributed by atoms with Crippen molar-refractivity contribution in [1.29, 1.82) is 5.26 Å². The molecule has 0 bridgehead atoms. The molecule has 2 aromatic carbocycles. The number of aryl methyl sites for hydroxylation is 1. The summed E-state index contributed by atoms with van der Waals surface area (Å²) in [6.07, 6.45) is 3.50. The number of nitriles is 1. The Labute approximate surface area is 200 Å². The summed E-state index contributed by atoms with van der Waals surface area (Å²) in [5.74, 6) is -0.795. The normalized spacial score (nSPS) is 14.6. The summed E-state index contributed by atoms with van der Waals surface area (Å²) >= 11 is 1.11. The maximum absolute atomic E-state index is 13.5. The van der Waals surface area contributed by atoms with Gasteiger partial charge in [-0.25, -0.2) is 4.79 Å². The van der Waals surface area contributed by atoms with Gasteiger partial charge in [-0.2, -0.15) is 5.26 Å². The van der Waals surface area contributed by atoms with Crippen LogP contribution in [-0.2, 0) is 9.53 Å². The summed E-state index contributed by atoms with van der Waals surface area (Å²) in [4.78, 5) is 40.0. The Hall–Kier alpha value is -3.96. The second-order valence-electron chi connectivity index (χ2n) is 7.99. The molecular weight excluding hydrogens is 450 g/mol. The lowest BCUT2D eigenvalue weighted by Gasteiger charge is -2.14. The molecule has 172 valence electrons. The first-order chi connectivity index (χ1) is 16.4. The number of carbonyl (C=O) groups is 2. The average Bonchev–Trinajstić information content (AvgIpc) is 3.49. The number of aromatic nitrogens is 1. The molecule has 4 rings (SSSR count). The van der Waals surface area contributed by atoms with Crippen molar-refractivity contribution in [1.82, 2.24) is 9.47 Å². The first kappa shape index (κ1) is 23.2. The molecule has 1 saturated heterocycles. The number of esters is 1. The second kappa shape index (κ2) is 9.89. The summed E-state index contributed by atoms with van der Waals surface area (Å²) in [6, 6.07) is 16.1. The van der Waals surface area contributed by atoms with E-state index in [-0.39, 0.29) is 17.0 Å². The van der Waals surface area contributed by atoms with Gasteiger partial charge < -0.3 is 9.64 Å². The fourth-order valence-corrected chi connectivity index (χ4v) is 4.92. The van der Waals surface area contributed by atoms with Gasteiger partial charge in [0.05, 0.1) is 22.9 Å². The van der Waals surface area contributed by atoms with Crippen molar-refractivity contribution >= 4 is 34.9 Å². The Balaban J connectivity index is 1.93. The molecule has 3 aromatic rings. The van der Waals surface area contributed by atoms with Gasteiger partial charge in [0.15, 0.2) is 5.57 Å². The van der Waals surface area contributed by atoms with E-state index in [9.17, 15) is 19.6 Å². The van der Waals surface area contributed by atoms with E-state index in [1.54, 1.807) is 47.4 Å². The summed E-state index contributed by atoms with van der Waals surface area (Å²) in [5, 5.41) is 9.92. The molecule has 0 aliphatic carbocycles. The van der Waals surface area contributed by atoms with Crippen LogP contribution in [0.3, 0.4) is 0 Å². The van der Waals surface area contributed by atoms with Gasteiger partial charge in [0.2, 0.25) is 0 Å². The van der Waals surface area contributed by atoms with Crippen molar-refractivity contribution in [2.45, 2.75) is 19.8 Å². The highest BCUT2D eigenvalue weighted by Crippen LogP contribution is 2.13. The number of likely N-dealkylation sites (tertiary alicyclic amines) is 1. The van der Waals surface area contributed by atoms with Crippen LogP contribution in [0.2, 0.25) is 0 Å². The second-order valence-corrected chi connectivity index (χ2v) is 9.02. The number of carbonyl (C=O) groups excluding carboxylic acids is 2. The zero-order valence-corrected chi connectivity index (χ0v) is 19.7. The highest BCUT2D eigenvalue weighted by Gasteiger charge is 2.24. The zero-order valence-electron chi connectivity index (χ0n) is 18.9. The molecule has 1 aromatic heterocycles. The molecule has 0 radical (unpaired) electrons. The molecule has 0 atom stereocenters.